The van der Waals surface area contributed by atoms with Crippen LogP contribution in [0.3, 0.4) is 0 Å². The molecule has 5 unspecified atom stereocenters. The van der Waals surface area contributed by atoms with Gasteiger partial charge in [0.25, 0.3) is 0 Å². The van der Waals surface area contributed by atoms with Crippen molar-refractivity contribution in [2.24, 2.45) is 22.7 Å². The highest BCUT2D eigenvalue weighted by Gasteiger charge is 2.56. The molecule has 0 spiro atoms. The molecule has 3 rings (SSSR count). The molecular weight excluding hydrogens is 332 g/mol. The number of methoxy groups -OCH3 is 1. The van der Waals surface area contributed by atoms with E-state index in [1.807, 2.05) is 12.2 Å². The zero-order valence-corrected chi connectivity index (χ0v) is 16.2. The fraction of sp³-hybridized carbons (Fsp3) is 0.714. The topological polar surface area (TPSA) is 72.8 Å². The van der Waals surface area contributed by atoms with Crippen LogP contribution in [0.2, 0.25) is 0 Å². The third kappa shape index (κ3) is 3.00. The molecule has 1 N–H and O–H groups in total. The SMILES string of the molecule is COC1C=C(C(=O)O)C2(C)CCC(C)C(C)(CCC3=CCOC3=O)C2C1. The average Bonchev–Trinajstić information content (AvgIpc) is 3.01. The van der Waals surface area contributed by atoms with Crippen LogP contribution in [0.25, 0.3) is 0 Å². The predicted octanol–water partition coefficient (Wildman–Crippen LogP) is 3.74. The molecule has 0 aromatic heterocycles. The van der Waals surface area contributed by atoms with Gasteiger partial charge >= 0.3 is 11.9 Å². The summed E-state index contributed by atoms with van der Waals surface area (Å²) in [5.74, 6) is -0.371. The number of fused-ring (bicyclic) bond motifs is 1. The fourth-order valence-electron chi connectivity index (χ4n) is 5.52. The Hall–Kier alpha value is -1.62. The van der Waals surface area contributed by atoms with Gasteiger partial charge in [-0.1, -0.05) is 20.8 Å². The van der Waals surface area contributed by atoms with Crippen molar-refractivity contribution in [1.82, 2.24) is 0 Å². The molecule has 5 nitrogen and oxygen atoms in total. The zero-order valence-electron chi connectivity index (χ0n) is 16.2. The van der Waals surface area contributed by atoms with E-state index in [1.54, 1.807) is 7.11 Å². The van der Waals surface area contributed by atoms with Gasteiger partial charge in [-0.3, -0.25) is 0 Å². The zero-order chi connectivity index (χ0) is 19.1. The molecule has 144 valence electrons. The van der Waals surface area contributed by atoms with E-state index in [1.165, 1.54) is 0 Å². The molecule has 1 saturated carbocycles. The number of hydrogen-bond acceptors (Lipinski definition) is 4. The van der Waals surface area contributed by atoms with Crippen molar-refractivity contribution < 1.29 is 24.2 Å². The lowest BCUT2D eigenvalue weighted by atomic mass is 9.46. The standard InChI is InChI=1S/C21H30O5/c1-13-5-8-21(3)16(18(22)23)11-15(25-4)12-17(21)20(13,2)9-6-14-7-10-26-19(14)24/h7,11,13,15,17H,5-6,8-10,12H2,1-4H3,(H,22,23). The van der Waals surface area contributed by atoms with Crippen LogP contribution in [0.1, 0.15) is 52.9 Å². The molecule has 0 bridgehead atoms. The summed E-state index contributed by atoms with van der Waals surface area (Å²) in [4.78, 5) is 23.8. The van der Waals surface area contributed by atoms with E-state index in [4.69, 9.17) is 9.47 Å². The minimum absolute atomic E-state index is 0.0531. The van der Waals surface area contributed by atoms with Crippen LogP contribution in [0.4, 0.5) is 0 Å². The Morgan fingerprint density at radius 1 is 1.42 bits per heavy atom. The summed E-state index contributed by atoms with van der Waals surface area (Å²) in [6, 6.07) is 0. The maximum atomic E-state index is 12.0. The van der Waals surface area contributed by atoms with Crippen molar-refractivity contribution in [3.05, 3.63) is 23.3 Å². The molecule has 26 heavy (non-hydrogen) atoms. The Bertz CT molecular complexity index is 663. The van der Waals surface area contributed by atoms with E-state index in [-0.39, 0.29) is 28.8 Å². The molecule has 5 atom stereocenters. The van der Waals surface area contributed by atoms with Crippen LogP contribution < -0.4 is 0 Å². The Labute approximate surface area is 155 Å². The summed E-state index contributed by atoms with van der Waals surface area (Å²) in [5.41, 5.74) is 0.854. The monoisotopic (exact) mass is 362 g/mol. The highest BCUT2D eigenvalue weighted by atomic mass is 16.5. The van der Waals surface area contributed by atoms with E-state index >= 15 is 0 Å². The highest BCUT2D eigenvalue weighted by molar-refractivity contribution is 5.90. The number of cyclic esters (lactones) is 1. The van der Waals surface area contributed by atoms with E-state index in [9.17, 15) is 14.7 Å². The quantitative estimate of drug-likeness (QED) is 0.754. The molecule has 0 radical (unpaired) electrons. The predicted molar refractivity (Wildman–Crippen MR) is 97.5 cm³/mol. The number of aliphatic carboxylic acids is 1. The lowest BCUT2D eigenvalue weighted by molar-refractivity contribution is -0.138. The van der Waals surface area contributed by atoms with E-state index in [0.717, 1.165) is 31.3 Å². The third-order valence-corrected chi connectivity index (χ3v) is 7.50. The first-order chi connectivity index (χ1) is 12.2. The molecule has 5 heteroatoms. The number of hydrogen-bond donors (Lipinski definition) is 1. The number of esters is 1. The smallest absolute Gasteiger partial charge is 0.334 e. The molecule has 0 aromatic rings. The first-order valence-electron chi connectivity index (χ1n) is 9.57. The van der Waals surface area contributed by atoms with Crippen molar-refractivity contribution in [2.45, 2.75) is 59.0 Å². The summed E-state index contributed by atoms with van der Waals surface area (Å²) in [5, 5.41) is 9.83. The largest absolute Gasteiger partial charge is 0.478 e. The second-order valence-corrected chi connectivity index (χ2v) is 8.64. The number of carbonyl (C=O) groups excluding carboxylic acids is 1. The Balaban J connectivity index is 1.93. The fourth-order valence-corrected chi connectivity index (χ4v) is 5.52. The number of rotatable bonds is 5. The first-order valence-corrected chi connectivity index (χ1v) is 9.57. The highest BCUT2D eigenvalue weighted by Crippen LogP contribution is 2.62. The Morgan fingerprint density at radius 3 is 2.73 bits per heavy atom. The maximum absolute atomic E-state index is 12.0. The summed E-state index contributed by atoms with van der Waals surface area (Å²) in [6.45, 7) is 7.02. The van der Waals surface area contributed by atoms with E-state index < -0.39 is 5.97 Å². The Kier molecular flexibility index (Phi) is 5.04. The van der Waals surface area contributed by atoms with Gasteiger partial charge in [-0.25, -0.2) is 9.59 Å². The average molecular weight is 362 g/mol. The van der Waals surface area contributed by atoms with Crippen molar-refractivity contribution in [3.63, 3.8) is 0 Å². The molecule has 3 aliphatic rings. The molecule has 0 amide bonds. The molecule has 0 saturated heterocycles. The van der Waals surface area contributed by atoms with Crippen LogP contribution in [-0.4, -0.2) is 36.9 Å². The van der Waals surface area contributed by atoms with Gasteiger partial charge in [0.05, 0.1) is 6.10 Å². The van der Waals surface area contributed by atoms with Gasteiger partial charge < -0.3 is 14.6 Å². The van der Waals surface area contributed by atoms with Gasteiger partial charge in [-0.15, -0.1) is 0 Å². The minimum atomic E-state index is -0.835. The number of carboxylic acid groups (broad SMARTS) is 1. The van der Waals surface area contributed by atoms with Crippen molar-refractivity contribution in [3.8, 4) is 0 Å². The second kappa shape index (κ2) is 6.84. The number of carboxylic acids is 1. The van der Waals surface area contributed by atoms with Crippen LogP contribution in [0, 0.1) is 22.7 Å². The lowest BCUT2D eigenvalue weighted by Gasteiger charge is -2.58. The lowest BCUT2D eigenvalue weighted by Crippen LogP contribution is -2.53. The Morgan fingerprint density at radius 2 is 2.15 bits per heavy atom. The van der Waals surface area contributed by atoms with Crippen molar-refractivity contribution in [1.29, 1.82) is 0 Å². The normalized spacial score (nSPS) is 39.7. The maximum Gasteiger partial charge on any atom is 0.334 e. The van der Waals surface area contributed by atoms with Crippen molar-refractivity contribution in [2.75, 3.05) is 13.7 Å². The summed E-state index contributed by atoms with van der Waals surface area (Å²) in [7, 11) is 1.65. The van der Waals surface area contributed by atoms with Crippen LogP contribution in [0.5, 0.6) is 0 Å². The van der Waals surface area contributed by atoms with Crippen LogP contribution >= 0.6 is 0 Å². The van der Waals surface area contributed by atoms with Crippen LogP contribution in [-0.2, 0) is 19.1 Å². The van der Waals surface area contributed by atoms with Gasteiger partial charge in [-0.2, -0.15) is 0 Å². The number of ether oxygens (including phenoxy) is 2. The molecule has 1 aliphatic heterocycles. The number of carbonyl (C=O) groups is 2. The van der Waals surface area contributed by atoms with Gasteiger partial charge in [0.1, 0.15) is 6.61 Å². The van der Waals surface area contributed by atoms with Crippen LogP contribution in [0.15, 0.2) is 23.3 Å². The molecule has 1 heterocycles. The molecule has 0 aromatic carbocycles. The van der Waals surface area contributed by atoms with E-state index in [0.29, 0.717) is 24.5 Å². The summed E-state index contributed by atoms with van der Waals surface area (Å²) in [6.07, 6.45) is 7.78. The molecular formula is C21H30O5. The minimum Gasteiger partial charge on any atom is -0.478 e. The van der Waals surface area contributed by atoms with Gasteiger partial charge in [-0.05, 0) is 61.5 Å². The van der Waals surface area contributed by atoms with Gasteiger partial charge in [0.15, 0.2) is 0 Å². The first kappa shape index (κ1) is 19.2. The molecule has 2 aliphatic carbocycles. The third-order valence-electron chi connectivity index (χ3n) is 7.50. The van der Waals surface area contributed by atoms with E-state index in [2.05, 4.69) is 20.8 Å². The second-order valence-electron chi connectivity index (χ2n) is 8.64. The van der Waals surface area contributed by atoms with Gasteiger partial charge in [0, 0.05) is 23.7 Å². The summed E-state index contributed by atoms with van der Waals surface area (Å²) < 4.78 is 10.6. The summed E-state index contributed by atoms with van der Waals surface area (Å²) >= 11 is 0. The van der Waals surface area contributed by atoms with Crippen molar-refractivity contribution >= 4 is 11.9 Å². The molecule has 1 fully saturated rings. The van der Waals surface area contributed by atoms with Gasteiger partial charge in [0.2, 0.25) is 0 Å².